The summed E-state index contributed by atoms with van der Waals surface area (Å²) in [5.41, 5.74) is 4.90. The Hall–Kier alpha value is -3.47. The minimum atomic E-state index is -1.00. The van der Waals surface area contributed by atoms with Crippen LogP contribution < -0.4 is 0 Å². The molecule has 2 aromatic carbocycles. The topological polar surface area (TPSA) is 55.1 Å². The van der Waals surface area contributed by atoms with Gasteiger partial charge in [-0.25, -0.2) is 9.18 Å². The molecule has 0 aliphatic carbocycles. The van der Waals surface area contributed by atoms with Crippen LogP contribution in [0.25, 0.3) is 22.3 Å². The van der Waals surface area contributed by atoms with E-state index in [0.717, 1.165) is 27.7 Å². The average Bonchev–Trinajstić information content (AvgIpc) is 3.01. The van der Waals surface area contributed by atoms with E-state index in [0.29, 0.717) is 12.2 Å². The molecule has 0 aliphatic heterocycles. The second-order valence-corrected chi connectivity index (χ2v) is 6.54. The third-order valence-corrected chi connectivity index (χ3v) is 4.58. The molecular weight excluding hydrogens is 343 g/mol. The maximum atomic E-state index is 13.2. The predicted molar refractivity (Wildman–Crippen MR) is 102 cm³/mol. The summed E-state index contributed by atoms with van der Waals surface area (Å²) in [5.74, 6) is -1.27. The maximum Gasteiger partial charge on any atom is 0.337 e. The van der Waals surface area contributed by atoms with E-state index in [2.05, 4.69) is 27.8 Å². The molecule has 0 spiro atoms. The fraction of sp³-hybridized carbons (Fsp3) is 0.0909. The lowest BCUT2D eigenvalue weighted by Gasteiger charge is -2.11. The monoisotopic (exact) mass is 360 g/mol. The number of rotatable bonds is 4. The summed E-state index contributed by atoms with van der Waals surface area (Å²) in [6.45, 7) is 2.60. The molecule has 134 valence electrons. The van der Waals surface area contributed by atoms with Crippen molar-refractivity contribution < 1.29 is 14.3 Å². The molecule has 0 atom stereocenters. The number of carbonyl (C=O) groups is 1. The molecule has 4 nitrogen and oxygen atoms in total. The van der Waals surface area contributed by atoms with Crippen LogP contribution in [0.2, 0.25) is 0 Å². The van der Waals surface area contributed by atoms with Gasteiger partial charge in [0.2, 0.25) is 0 Å². The number of carboxylic acids is 1. The summed E-state index contributed by atoms with van der Waals surface area (Å²) in [5, 5.41) is 10.2. The van der Waals surface area contributed by atoms with Gasteiger partial charge in [-0.2, -0.15) is 0 Å². The van der Waals surface area contributed by atoms with Gasteiger partial charge in [0.05, 0.1) is 17.0 Å². The van der Waals surface area contributed by atoms with E-state index in [1.807, 2.05) is 13.0 Å². The lowest BCUT2D eigenvalue weighted by molar-refractivity contribution is 0.0696. The molecule has 4 rings (SSSR count). The molecule has 2 aromatic heterocycles. The Kier molecular flexibility index (Phi) is 4.20. The Morgan fingerprint density at radius 2 is 1.85 bits per heavy atom. The van der Waals surface area contributed by atoms with E-state index in [1.165, 1.54) is 18.3 Å². The summed E-state index contributed by atoms with van der Waals surface area (Å²) >= 11 is 0. The minimum Gasteiger partial charge on any atom is -0.478 e. The van der Waals surface area contributed by atoms with Crippen molar-refractivity contribution in [2.45, 2.75) is 13.5 Å². The number of aromatic carboxylic acids is 1. The number of carboxylic acid groups (broad SMARTS) is 1. The van der Waals surface area contributed by atoms with Gasteiger partial charge in [0, 0.05) is 23.6 Å². The van der Waals surface area contributed by atoms with E-state index in [-0.39, 0.29) is 11.4 Å². The lowest BCUT2D eigenvalue weighted by Crippen LogP contribution is -2.03. The van der Waals surface area contributed by atoms with Crippen LogP contribution in [0.4, 0.5) is 4.39 Å². The zero-order valence-electron chi connectivity index (χ0n) is 14.7. The van der Waals surface area contributed by atoms with Crippen molar-refractivity contribution in [2.24, 2.45) is 0 Å². The molecule has 0 amide bonds. The first kappa shape index (κ1) is 17.0. The summed E-state index contributed by atoms with van der Waals surface area (Å²) in [4.78, 5) is 15.4. The molecule has 27 heavy (non-hydrogen) atoms. The highest BCUT2D eigenvalue weighted by molar-refractivity contribution is 5.89. The number of hydrogen-bond acceptors (Lipinski definition) is 2. The molecule has 0 bridgehead atoms. The second-order valence-electron chi connectivity index (χ2n) is 6.54. The summed E-state index contributed by atoms with van der Waals surface area (Å²) in [6.07, 6.45) is 1.36. The summed E-state index contributed by atoms with van der Waals surface area (Å²) in [7, 11) is 0. The van der Waals surface area contributed by atoms with Gasteiger partial charge >= 0.3 is 5.97 Å². The smallest absolute Gasteiger partial charge is 0.337 e. The van der Waals surface area contributed by atoms with Crippen molar-refractivity contribution in [3.8, 4) is 11.4 Å². The molecule has 4 aromatic rings. The predicted octanol–water partition coefficient (Wildman–Crippen LogP) is 4.90. The first-order valence-electron chi connectivity index (χ1n) is 8.55. The number of benzene rings is 2. The van der Waals surface area contributed by atoms with Crippen molar-refractivity contribution in [2.75, 3.05) is 0 Å². The SMILES string of the molecule is Cc1ccc2c(c1)cc(-c1ccc(C(=O)O)cn1)n2Cc1ccc(F)cc1. The Labute approximate surface area is 155 Å². The van der Waals surface area contributed by atoms with Crippen LogP contribution in [-0.4, -0.2) is 20.6 Å². The van der Waals surface area contributed by atoms with E-state index in [9.17, 15) is 9.18 Å². The first-order valence-corrected chi connectivity index (χ1v) is 8.55. The zero-order chi connectivity index (χ0) is 19.0. The van der Waals surface area contributed by atoms with E-state index in [1.54, 1.807) is 24.3 Å². The van der Waals surface area contributed by atoms with Gasteiger partial charge < -0.3 is 9.67 Å². The van der Waals surface area contributed by atoms with Gasteiger partial charge in [-0.15, -0.1) is 0 Å². The fourth-order valence-corrected chi connectivity index (χ4v) is 3.22. The van der Waals surface area contributed by atoms with E-state index < -0.39 is 5.97 Å². The molecule has 2 heterocycles. The van der Waals surface area contributed by atoms with Gasteiger partial charge in [-0.3, -0.25) is 4.98 Å². The fourth-order valence-electron chi connectivity index (χ4n) is 3.22. The third kappa shape index (κ3) is 3.31. The third-order valence-electron chi connectivity index (χ3n) is 4.58. The van der Waals surface area contributed by atoms with Crippen LogP contribution >= 0.6 is 0 Å². The number of halogens is 1. The Balaban J connectivity index is 1.85. The lowest BCUT2D eigenvalue weighted by atomic mass is 10.1. The van der Waals surface area contributed by atoms with Gasteiger partial charge in [0.25, 0.3) is 0 Å². The highest BCUT2D eigenvalue weighted by atomic mass is 19.1. The minimum absolute atomic E-state index is 0.149. The highest BCUT2D eigenvalue weighted by Gasteiger charge is 2.13. The normalized spacial score (nSPS) is 11.0. The number of hydrogen-bond donors (Lipinski definition) is 1. The standard InChI is InChI=1S/C22H17FN2O2/c1-14-2-9-20-17(10-14)11-21(19-8-5-16(12-24-19)22(26)27)25(20)13-15-3-6-18(23)7-4-15/h2-12H,13H2,1H3,(H,26,27). The first-order chi connectivity index (χ1) is 13.0. The molecule has 0 saturated carbocycles. The second kappa shape index (κ2) is 6.68. The van der Waals surface area contributed by atoms with Gasteiger partial charge in [-0.1, -0.05) is 23.8 Å². The average molecular weight is 360 g/mol. The molecular formula is C22H17FN2O2. The summed E-state index contributed by atoms with van der Waals surface area (Å²) in [6, 6.07) is 18.0. The van der Waals surface area contributed by atoms with Crippen molar-refractivity contribution in [3.05, 3.63) is 89.4 Å². The quantitative estimate of drug-likeness (QED) is 0.563. The largest absolute Gasteiger partial charge is 0.478 e. The van der Waals surface area contributed by atoms with Crippen molar-refractivity contribution in [3.63, 3.8) is 0 Å². The van der Waals surface area contributed by atoms with Crippen molar-refractivity contribution >= 4 is 16.9 Å². The Morgan fingerprint density at radius 1 is 1.07 bits per heavy atom. The Bertz CT molecular complexity index is 1130. The van der Waals surface area contributed by atoms with Gasteiger partial charge in [0.15, 0.2) is 0 Å². The van der Waals surface area contributed by atoms with Crippen molar-refractivity contribution in [1.29, 1.82) is 0 Å². The van der Waals surface area contributed by atoms with Crippen LogP contribution in [-0.2, 0) is 6.54 Å². The molecule has 1 N–H and O–H groups in total. The molecule has 5 heteroatoms. The molecule has 0 unspecified atom stereocenters. The van der Waals surface area contributed by atoms with Crippen LogP contribution in [0.3, 0.4) is 0 Å². The molecule has 0 aliphatic rings. The maximum absolute atomic E-state index is 13.2. The number of aromatic nitrogens is 2. The molecule has 0 saturated heterocycles. The molecule has 0 radical (unpaired) electrons. The van der Waals surface area contributed by atoms with Crippen LogP contribution in [0, 0.1) is 12.7 Å². The highest BCUT2D eigenvalue weighted by Crippen LogP contribution is 2.29. The van der Waals surface area contributed by atoms with Crippen LogP contribution in [0.5, 0.6) is 0 Å². The van der Waals surface area contributed by atoms with Gasteiger partial charge in [-0.05, 0) is 55.0 Å². The molecule has 0 fully saturated rings. The van der Waals surface area contributed by atoms with E-state index in [4.69, 9.17) is 5.11 Å². The Morgan fingerprint density at radius 3 is 2.52 bits per heavy atom. The number of fused-ring (bicyclic) bond motifs is 1. The summed E-state index contributed by atoms with van der Waals surface area (Å²) < 4.78 is 15.4. The van der Waals surface area contributed by atoms with Crippen molar-refractivity contribution in [1.82, 2.24) is 9.55 Å². The number of nitrogens with zero attached hydrogens (tertiary/aromatic N) is 2. The number of aryl methyl sites for hydroxylation is 1. The van der Waals surface area contributed by atoms with Crippen LogP contribution in [0.15, 0.2) is 66.9 Å². The number of pyridine rings is 1. The van der Waals surface area contributed by atoms with E-state index >= 15 is 0 Å². The van der Waals surface area contributed by atoms with Crippen LogP contribution in [0.1, 0.15) is 21.5 Å². The zero-order valence-corrected chi connectivity index (χ0v) is 14.7. The van der Waals surface area contributed by atoms with Gasteiger partial charge in [0.1, 0.15) is 5.82 Å².